The van der Waals surface area contributed by atoms with Crippen molar-refractivity contribution in [1.29, 1.82) is 0 Å². The molecule has 0 radical (unpaired) electrons. The summed E-state index contributed by atoms with van der Waals surface area (Å²) in [5.41, 5.74) is 13.5. The molecule has 1 aromatic heterocycles. The maximum Gasteiger partial charge on any atom is 0.225 e. The number of fused-ring (bicyclic) bond motifs is 1. The van der Waals surface area contributed by atoms with E-state index >= 15 is 0 Å². The number of benzene rings is 1. The lowest BCUT2D eigenvalue weighted by Crippen LogP contribution is -2.42. The maximum absolute atomic E-state index is 5.62. The number of aromatic nitrogens is 3. The van der Waals surface area contributed by atoms with Crippen molar-refractivity contribution in [2.75, 3.05) is 28.2 Å². The summed E-state index contributed by atoms with van der Waals surface area (Å²) in [7, 11) is 0. The molecular formula is C13H17N7. The number of anilines is 4. The summed E-state index contributed by atoms with van der Waals surface area (Å²) < 4.78 is 0. The maximum atomic E-state index is 5.62. The van der Waals surface area contributed by atoms with Crippen LogP contribution in [-0.4, -0.2) is 27.5 Å². The predicted octanol–water partition coefficient (Wildman–Crippen LogP) is 0.857. The lowest BCUT2D eigenvalue weighted by atomic mass is 10.1. The van der Waals surface area contributed by atoms with Crippen LogP contribution in [0.25, 0.3) is 0 Å². The molecule has 104 valence electrons. The number of para-hydroxylation sites is 2. The fourth-order valence-corrected chi connectivity index (χ4v) is 2.40. The van der Waals surface area contributed by atoms with Crippen molar-refractivity contribution in [2.45, 2.75) is 19.5 Å². The molecule has 3 rings (SSSR count). The van der Waals surface area contributed by atoms with Crippen LogP contribution in [0.1, 0.15) is 12.7 Å². The molecule has 0 bridgehead atoms. The minimum atomic E-state index is 0.156. The average molecular weight is 271 g/mol. The fraction of sp³-hybridized carbons (Fsp3) is 0.308. The summed E-state index contributed by atoms with van der Waals surface area (Å²) in [4.78, 5) is 14.3. The van der Waals surface area contributed by atoms with Gasteiger partial charge >= 0.3 is 0 Å². The highest BCUT2D eigenvalue weighted by atomic mass is 15.2. The highest BCUT2D eigenvalue weighted by Crippen LogP contribution is 2.31. The summed E-state index contributed by atoms with van der Waals surface area (Å²) in [6.45, 7) is 3.57. The van der Waals surface area contributed by atoms with Crippen molar-refractivity contribution in [1.82, 2.24) is 15.0 Å². The van der Waals surface area contributed by atoms with Crippen LogP contribution in [0.5, 0.6) is 0 Å². The number of nitrogens with two attached hydrogens (primary N) is 2. The van der Waals surface area contributed by atoms with Gasteiger partial charge in [0, 0.05) is 12.6 Å². The topological polar surface area (TPSA) is 106 Å². The van der Waals surface area contributed by atoms with Crippen molar-refractivity contribution in [3.8, 4) is 0 Å². The predicted molar refractivity (Wildman–Crippen MR) is 79.2 cm³/mol. The molecule has 7 heteroatoms. The lowest BCUT2D eigenvalue weighted by Gasteiger charge is -2.37. The van der Waals surface area contributed by atoms with Crippen LogP contribution in [0, 0.1) is 0 Å². The number of nitrogens with zero attached hydrogens (tertiary/aromatic N) is 4. The quantitative estimate of drug-likeness (QED) is 0.743. The van der Waals surface area contributed by atoms with E-state index in [4.69, 9.17) is 11.5 Å². The van der Waals surface area contributed by atoms with Gasteiger partial charge in [-0.05, 0) is 19.1 Å². The van der Waals surface area contributed by atoms with Gasteiger partial charge in [0.05, 0.1) is 17.9 Å². The molecule has 0 aliphatic carbocycles. The number of hydrogen-bond donors (Lipinski definition) is 3. The Hall–Kier alpha value is -2.57. The third-order valence-corrected chi connectivity index (χ3v) is 3.36. The number of rotatable bonds is 2. The molecule has 1 aliphatic rings. The van der Waals surface area contributed by atoms with Crippen molar-refractivity contribution in [2.24, 2.45) is 0 Å². The molecule has 0 saturated carbocycles. The van der Waals surface area contributed by atoms with Crippen molar-refractivity contribution in [3.63, 3.8) is 0 Å². The number of nitrogens with one attached hydrogen (secondary N) is 1. The van der Waals surface area contributed by atoms with Gasteiger partial charge in [-0.25, -0.2) is 0 Å². The molecule has 0 saturated heterocycles. The van der Waals surface area contributed by atoms with E-state index in [-0.39, 0.29) is 11.9 Å². The molecule has 2 heterocycles. The Labute approximate surface area is 117 Å². The van der Waals surface area contributed by atoms with E-state index in [0.29, 0.717) is 18.4 Å². The zero-order valence-corrected chi connectivity index (χ0v) is 11.2. The molecule has 5 N–H and O–H groups in total. The molecule has 1 atom stereocenters. The van der Waals surface area contributed by atoms with E-state index in [0.717, 1.165) is 17.9 Å². The second kappa shape index (κ2) is 4.84. The molecule has 1 unspecified atom stereocenters. The Bertz CT molecular complexity index is 608. The van der Waals surface area contributed by atoms with E-state index in [1.807, 2.05) is 12.1 Å². The van der Waals surface area contributed by atoms with Gasteiger partial charge in [0.15, 0.2) is 5.82 Å². The van der Waals surface area contributed by atoms with Crippen LogP contribution in [0.3, 0.4) is 0 Å². The second-order valence-electron chi connectivity index (χ2n) is 4.84. The van der Waals surface area contributed by atoms with E-state index in [2.05, 4.69) is 44.2 Å². The van der Waals surface area contributed by atoms with Crippen LogP contribution >= 0.6 is 0 Å². The standard InChI is InChI=1S/C13H17N7/c1-8-6-16-9-4-2-3-5-10(9)20(8)7-11-17-12(14)19-13(15)18-11/h2-5,8,16H,6-7H2,1H3,(H4,14,15,17,18,19). The molecule has 2 aromatic rings. The van der Waals surface area contributed by atoms with E-state index < -0.39 is 0 Å². The SMILES string of the molecule is CC1CNc2ccccc2N1Cc1nc(N)nc(N)n1. The minimum Gasteiger partial charge on any atom is -0.381 e. The number of nitrogen functional groups attached to an aromatic ring is 2. The van der Waals surface area contributed by atoms with Gasteiger partial charge in [-0.3, -0.25) is 0 Å². The molecular weight excluding hydrogens is 254 g/mol. The largest absolute Gasteiger partial charge is 0.381 e. The molecule has 1 aliphatic heterocycles. The Morgan fingerprint density at radius 3 is 2.65 bits per heavy atom. The second-order valence-corrected chi connectivity index (χ2v) is 4.84. The van der Waals surface area contributed by atoms with Gasteiger partial charge in [0.2, 0.25) is 11.9 Å². The zero-order valence-electron chi connectivity index (χ0n) is 11.2. The first kappa shape index (κ1) is 12.5. The van der Waals surface area contributed by atoms with Gasteiger partial charge < -0.3 is 21.7 Å². The molecule has 0 fully saturated rings. The van der Waals surface area contributed by atoms with E-state index in [1.54, 1.807) is 0 Å². The van der Waals surface area contributed by atoms with Gasteiger partial charge in [-0.15, -0.1) is 0 Å². The van der Waals surface area contributed by atoms with E-state index in [1.165, 1.54) is 0 Å². The van der Waals surface area contributed by atoms with E-state index in [9.17, 15) is 0 Å². The Morgan fingerprint density at radius 2 is 1.90 bits per heavy atom. The molecule has 0 spiro atoms. The first-order valence-electron chi connectivity index (χ1n) is 6.49. The van der Waals surface area contributed by atoms with Crippen LogP contribution in [0.4, 0.5) is 23.3 Å². The lowest BCUT2D eigenvalue weighted by molar-refractivity contribution is 0.625. The first-order chi connectivity index (χ1) is 9.63. The summed E-state index contributed by atoms with van der Waals surface area (Å²) in [6.07, 6.45) is 0. The van der Waals surface area contributed by atoms with Crippen LogP contribution < -0.4 is 21.7 Å². The first-order valence-corrected chi connectivity index (χ1v) is 6.49. The summed E-state index contributed by atoms with van der Waals surface area (Å²) >= 11 is 0. The normalized spacial score (nSPS) is 17.4. The molecule has 1 aromatic carbocycles. The third-order valence-electron chi connectivity index (χ3n) is 3.36. The van der Waals surface area contributed by atoms with Crippen LogP contribution in [0.2, 0.25) is 0 Å². The highest BCUT2D eigenvalue weighted by Gasteiger charge is 2.23. The highest BCUT2D eigenvalue weighted by molar-refractivity contribution is 5.72. The Kier molecular flexibility index (Phi) is 3.02. The van der Waals surface area contributed by atoms with Crippen LogP contribution in [-0.2, 0) is 6.54 Å². The smallest absolute Gasteiger partial charge is 0.225 e. The van der Waals surface area contributed by atoms with Crippen molar-refractivity contribution >= 4 is 23.3 Å². The van der Waals surface area contributed by atoms with Gasteiger partial charge in [0.1, 0.15) is 0 Å². The summed E-state index contributed by atoms with van der Waals surface area (Å²) in [6, 6.07) is 8.49. The Balaban J connectivity index is 1.93. The summed E-state index contributed by atoms with van der Waals surface area (Å²) in [5.74, 6) is 0.894. The monoisotopic (exact) mass is 271 g/mol. The van der Waals surface area contributed by atoms with Gasteiger partial charge in [-0.1, -0.05) is 12.1 Å². The summed E-state index contributed by atoms with van der Waals surface area (Å²) in [5, 5.41) is 3.41. The molecule has 0 amide bonds. The number of hydrogen-bond acceptors (Lipinski definition) is 7. The third kappa shape index (κ3) is 2.29. The van der Waals surface area contributed by atoms with Gasteiger partial charge in [-0.2, -0.15) is 15.0 Å². The van der Waals surface area contributed by atoms with Crippen LogP contribution in [0.15, 0.2) is 24.3 Å². The zero-order chi connectivity index (χ0) is 14.1. The van der Waals surface area contributed by atoms with Crippen molar-refractivity contribution in [3.05, 3.63) is 30.1 Å². The average Bonchev–Trinajstić information content (AvgIpc) is 2.41. The molecule has 20 heavy (non-hydrogen) atoms. The fourth-order valence-electron chi connectivity index (χ4n) is 2.40. The van der Waals surface area contributed by atoms with Crippen molar-refractivity contribution < 1.29 is 0 Å². The molecule has 7 nitrogen and oxygen atoms in total. The Morgan fingerprint density at radius 1 is 1.20 bits per heavy atom. The van der Waals surface area contributed by atoms with Gasteiger partial charge in [0.25, 0.3) is 0 Å². The minimum absolute atomic E-state index is 0.156.